The molecular formula is C12H19. The van der Waals surface area contributed by atoms with Crippen LogP contribution in [0.15, 0.2) is 18.2 Å². The van der Waals surface area contributed by atoms with E-state index < -0.39 is 0 Å². The fourth-order valence-corrected chi connectivity index (χ4v) is 1.44. The summed E-state index contributed by atoms with van der Waals surface area (Å²) < 4.78 is 0. The molecule has 1 aliphatic rings. The molecule has 0 nitrogen and oxygen atoms in total. The third-order valence-corrected chi connectivity index (χ3v) is 2.22. The van der Waals surface area contributed by atoms with Crippen LogP contribution in [0.5, 0.6) is 0 Å². The van der Waals surface area contributed by atoms with Crippen molar-refractivity contribution in [3.63, 3.8) is 0 Å². The second-order valence-corrected chi connectivity index (χ2v) is 3.41. The van der Waals surface area contributed by atoms with Crippen LogP contribution in [0.3, 0.4) is 0 Å². The van der Waals surface area contributed by atoms with Crippen LogP contribution in [0, 0.1) is 6.08 Å². The summed E-state index contributed by atoms with van der Waals surface area (Å²) in [4.78, 5) is 0. The van der Waals surface area contributed by atoms with Crippen molar-refractivity contribution in [2.45, 2.75) is 51.4 Å². The molecule has 0 aromatic rings. The van der Waals surface area contributed by atoms with Crippen molar-refractivity contribution in [1.82, 2.24) is 0 Å². The minimum Gasteiger partial charge on any atom is -0.0885 e. The second-order valence-electron chi connectivity index (χ2n) is 3.41. The number of rotatable bonds is 0. The first-order chi connectivity index (χ1) is 6.00. The molecule has 0 heterocycles. The van der Waals surface area contributed by atoms with Crippen molar-refractivity contribution in [2.75, 3.05) is 0 Å². The molecule has 0 saturated heterocycles. The van der Waals surface area contributed by atoms with E-state index in [4.69, 9.17) is 0 Å². The minimum absolute atomic E-state index is 1.17. The first kappa shape index (κ1) is 9.57. The van der Waals surface area contributed by atoms with Crippen LogP contribution in [0.4, 0.5) is 0 Å². The smallest absolute Gasteiger partial charge is 0.0279 e. The third-order valence-electron chi connectivity index (χ3n) is 2.22. The van der Waals surface area contributed by atoms with Gasteiger partial charge in [0, 0.05) is 0 Å². The van der Waals surface area contributed by atoms with Crippen LogP contribution < -0.4 is 0 Å². The molecule has 0 amide bonds. The molecular weight excluding hydrogens is 144 g/mol. The number of allylic oxidation sites excluding steroid dienone is 4. The van der Waals surface area contributed by atoms with Gasteiger partial charge in [-0.2, -0.15) is 0 Å². The molecule has 1 radical (unpaired) electrons. The minimum atomic E-state index is 1.17. The lowest BCUT2D eigenvalue weighted by molar-refractivity contribution is 0.685. The van der Waals surface area contributed by atoms with E-state index in [9.17, 15) is 0 Å². The maximum atomic E-state index is 3.35. The summed E-state index contributed by atoms with van der Waals surface area (Å²) in [5.41, 5.74) is 0. The Morgan fingerprint density at radius 1 is 0.750 bits per heavy atom. The van der Waals surface area contributed by atoms with E-state index in [0.29, 0.717) is 0 Å². The highest BCUT2D eigenvalue weighted by Gasteiger charge is 1.88. The summed E-state index contributed by atoms with van der Waals surface area (Å²) >= 11 is 0. The summed E-state index contributed by atoms with van der Waals surface area (Å²) in [5, 5.41) is 0. The Hall–Kier alpha value is -0.520. The first-order valence-electron chi connectivity index (χ1n) is 5.20. The van der Waals surface area contributed by atoms with Gasteiger partial charge in [-0.05, 0) is 51.0 Å². The van der Waals surface area contributed by atoms with Gasteiger partial charge in [0.15, 0.2) is 0 Å². The quantitative estimate of drug-likeness (QED) is 0.473. The Kier molecular flexibility index (Phi) is 5.70. The maximum Gasteiger partial charge on any atom is -0.0279 e. The summed E-state index contributed by atoms with van der Waals surface area (Å²) in [6.45, 7) is 0. The molecule has 0 fully saturated rings. The van der Waals surface area contributed by atoms with E-state index >= 15 is 0 Å². The summed E-state index contributed by atoms with van der Waals surface area (Å²) in [5.74, 6) is 0. The van der Waals surface area contributed by atoms with Crippen molar-refractivity contribution in [3.05, 3.63) is 24.3 Å². The molecule has 67 valence electrons. The zero-order valence-electron chi connectivity index (χ0n) is 7.89. The molecule has 0 N–H and O–H groups in total. The highest BCUT2D eigenvalue weighted by molar-refractivity contribution is 4.84. The van der Waals surface area contributed by atoms with Crippen molar-refractivity contribution in [2.24, 2.45) is 0 Å². The van der Waals surface area contributed by atoms with Crippen molar-refractivity contribution in [1.29, 1.82) is 0 Å². The molecule has 0 heteroatoms. The van der Waals surface area contributed by atoms with Gasteiger partial charge >= 0.3 is 0 Å². The second kappa shape index (κ2) is 7.15. The predicted octanol–water partition coefficient (Wildman–Crippen LogP) is 4.04. The largest absolute Gasteiger partial charge is 0.0885 e. The van der Waals surface area contributed by atoms with Crippen LogP contribution in [0.2, 0.25) is 0 Å². The number of hydrogen-bond acceptors (Lipinski definition) is 0. The molecule has 0 atom stereocenters. The molecule has 0 aliphatic heterocycles. The standard InChI is InChI=1S/C12H19/c1-2-4-6-8-10-12-11-9-7-5-3-1/h1-2,9H,3-8,10,12H2/b2-1-,11-9?. The lowest BCUT2D eigenvalue weighted by Crippen LogP contribution is -1.78. The number of hydrogen-bond donors (Lipinski definition) is 0. The van der Waals surface area contributed by atoms with Crippen molar-refractivity contribution >= 4 is 0 Å². The topological polar surface area (TPSA) is 0 Å². The van der Waals surface area contributed by atoms with E-state index in [2.05, 4.69) is 24.3 Å². The zero-order valence-corrected chi connectivity index (χ0v) is 7.89. The zero-order chi connectivity index (χ0) is 8.49. The van der Waals surface area contributed by atoms with Gasteiger partial charge < -0.3 is 0 Å². The molecule has 0 spiro atoms. The molecule has 0 saturated carbocycles. The fraction of sp³-hybridized carbons (Fsp3) is 0.667. The van der Waals surface area contributed by atoms with Crippen molar-refractivity contribution < 1.29 is 0 Å². The maximum absolute atomic E-state index is 3.35. The summed E-state index contributed by atoms with van der Waals surface area (Å²) in [7, 11) is 0. The predicted molar refractivity (Wildman–Crippen MR) is 53.9 cm³/mol. The Morgan fingerprint density at radius 3 is 2.50 bits per heavy atom. The van der Waals surface area contributed by atoms with Gasteiger partial charge in [0.05, 0.1) is 0 Å². The lowest BCUT2D eigenvalue weighted by Gasteiger charge is -1.97. The monoisotopic (exact) mass is 163 g/mol. The lowest BCUT2D eigenvalue weighted by atomic mass is 10.1. The van der Waals surface area contributed by atoms with Crippen molar-refractivity contribution in [3.8, 4) is 0 Å². The summed E-state index contributed by atoms with van der Waals surface area (Å²) in [6, 6.07) is 0. The van der Waals surface area contributed by atoms with Gasteiger partial charge in [0.2, 0.25) is 0 Å². The van der Waals surface area contributed by atoms with Gasteiger partial charge in [0.25, 0.3) is 0 Å². The van der Waals surface area contributed by atoms with E-state index in [1.54, 1.807) is 0 Å². The molecule has 1 rings (SSSR count). The Morgan fingerprint density at radius 2 is 1.58 bits per heavy atom. The van der Waals surface area contributed by atoms with Gasteiger partial charge in [-0.25, -0.2) is 0 Å². The Labute approximate surface area is 76.4 Å². The Bertz CT molecular complexity index is 126. The summed E-state index contributed by atoms with van der Waals surface area (Å²) in [6.07, 6.45) is 20.5. The molecule has 0 aromatic carbocycles. The van der Waals surface area contributed by atoms with E-state index in [1.165, 1.54) is 51.4 Å². The highest BCUT2D eigenvalue weighted by atomic mass is 13.9. The van der Waals surface area contributed by atoms with Gasteiger partial charge in [0.1, 0.15) is 0 Å². The fourth-order valence-electron chi connectivity index (χ4n) is 1.44. The Balaban J connectivity index is 2.19. The van der Waals surface area contributed by atoms with Crippen LogP contribution in [0.25, 0.3) is 0 Å². The van der Waals surface area contributed by atoms with Crippen LogP contribution in [-0.4, -0.2) is 0 Å². The molecule has 0 unspecified atom stereocenters. The normalized spacial score (nSPS) is 26.7. The van der Waals surface area contributed by atoms with Crippen LogP contribution in [-0.2, 0) is 0 Å². The van der Waals surface area contributed by atoms with E-state index in [1.807, 2.05) is 0 Å². The van der Waals surface area contributed by atoms with Gasteiger partial charge in [-0.3, -0.25) is 0 Å². The molecule has 0 bridgehead atoms. The molecule has 12 heavy (non-hydrogen) atoms. The average Bonchev–Trinajstić information content (AvgIpc) is 2.05. The molecule has 1 aliphatic carbocycles. The van der Waals surface area contributed by atoms with Crippen LogP contribution in [0.1, 0.15) is 51.4 Å². The van der Waals surface area contributed by atoms with Crippen LogP contribution >= 0.6 is 0 Å². The van der Waals surface area contributed by atoms with E-state index in [0.717, 1.165) is 0 Å². The third kappa shape index (κ3) is 5.17. The first-order valence-corrected chi connectivity index (χ1v) is 5.20. The van der Waals surface area contributed by atoms with Gasteiger partial charge in [-0.1, -0.05) is 24.6 Å². The van der Waals surface area contributed by atoms with Gasteiger partial charge in [-0.15, -0.1) is 0 Å². The molecule has 0 aromatic heterocycles. The van der Waals surface area contributed by atoms with E-state index in [-0.39, 0.29) is 0 Å². The highest BCUT2D eigenvalue weighted by Crippen LogP contribution is 2.07. The SMILES string of the molecule is [C]1=C\CCC/C=C\CCCCC/1. The average molecular weight is 163 g/mol.